The fourth-order valence-corrected chi connectivity index (χ4v) is 17.7. The van der Waals surface area contributed by atoms with Gasteiger partial charge in [0, 0.05) is 0 Å². The summed E-state index contributed by atoms with van der Waals surface area (Å²) in [4.78, 5) is 10.5. The van der Waals surface area contributed by atoms with Gasteiger partial charge in [-0.25, -0.2) is 0 Å². The molecule has 1 fully saturated rings. The molecule has 0 bridgehead atoms. The lowest BCUT2D eigenvalue weighted by Gasteiger charge is -2.51. The van der Waals surface area contributed by atoms with Gasteiger partial charge >= 0.3 is 0 Å². The van der Waals surface area contributed by atoms with Crippen molar-refractivity contribution in [2.24, 2.45) is 0 Å². The lowest BCUT2D eigenvalue weighted by atomic mass is 11.5. The highest BCUT2D eigenvalue weighted by Crippen LogP contribution is 2.09. The van der Waals surface area contributed by atoms with Crippen molar-refractivity contribution in [1.82, 2.24) is 27.6 Å². The number of rotatable bonds is 3. The first-order valence-corrected chi connectivity index (χ1v) is 10.1. The molecule has 90 valence electrons. The Morgan fingerprint density at radius 2 is 0.800 bits per heavy atom. The molecule has 0 unspecified atom stereocenters. The molecule has 0 aromatic rings. The maximum Gasteiger partial charge on any atom is 0.259 e. The van der Waals surface area contributed by atoms with E-state index in [2.05, 4.69) is 69.9 Å². The number of hydrogen-bond acceptors (Lipinski definition) is 6. The molecule has 3 N–H and O–H groups in total. The van der Waals surface area contributed by atoms with Gasteiger partial charge in [0.05, 0.1) is 0 Å². The Bertz CT molecular complexity index is 162. The van der Waals surface area contributed by atoms with E-state index in [0.29, 0.717) is 0 Å². The molecule has 1 aliphatic heterocycles. The van der Waals surface area contributed by atoms with E-state index < -0.39 is 27.8 Å². The zero-order valence-corrected chi connectivity index (χ0v) is 14.0. The van der Waals surface area contributed by atoms with Crippen LogP contribution in [0.15, 0.2) is 0 Å². The molecule has 6 nitrogen and oxygen atoms in total. The molecule has 0 aromatic heterocycles. The molecule has 0 aromatic carbocycles. The highest BCUT2D eigenvalue weighted by atomic mass is 28.4. The van der Waals surface area contributed by atoms with Crippen molar-refractivity contribution in [2.45, 2.75) is 0 Å². The van der Waals surface area contributed by atoms with Crippen LogP contribution in [0.5, 0.6) is 0 Å². The maximum atomic E-state index is 3.51. The average molecular weight is 265 g/mol. The summed E-state index contributed by atoms with van der Waals surface area (Å²) in [6, 6.07) is 0. The van der Waals surface area contributed by atoms with Gasteiger partial charge in [0.25, 0.3) is 27.8 Å². The Morgan fingerprint density at radius 1 is 0.600 bits per heavy atom. The molecule has 0 radical (unpaired) electrons. The topological polar surface area (TPSA) is 45.8 Å². The van der Waals surface area contributed by atoms with Crippen LogP contribution < -0.4 is 14.9 Å². The molecule has 1 aliphatic rings. The summed E-state index contributed by atoms with van der Waals surface area (Å²) in [6.45, 7) is 0. The second-order valence-corrected chi connectivity index (χ2v) is 14.6. The van der Waals surface area contributed by atoms with Crippen LogP contribution in [0, 0.1) is 0 Å². The van der Waals surface area contributed by atoms with Crippen molar-refractivity contribution >= 4 is 27.8 Å². The van der Waals surface area contributed by atoms with E-state index in [1.165, 1.54) is 0 Å². The Morgan fingerprint density at radius 3 is 0.933 bits per heavy atom. The fourth-order valence-electron chi connectivity index (χ4n) is 2.48. The molecule has 9 heteroatoms. The van der Waals surface area contributed by atoms with Crippen LogP contribution in [0.1, 0.15) is 0 Å². The van der Waals surface area contributed by atoms with Gasteiger partial charge in [-0.2, -0.15) is 0 Å². The standard InChI is InChI=1S/C6H24N6Si3/c1-7-13-10(4)14(8-2)12(6)15(9-3)11(13)5/h7-9,13-15H,1-6H3. The zero-order chi connectivity index (χ0) is 11.6. The molecular weight excluding hydrogens is 240 g/mol. The van der Waals surface area contributed by atoms with Crippen LogP contribution in [0.3, 0.4) is 0 Å². The Hall–Kier alpha value is 0.411. The van der Waals surface area contributed by atoms with Gasteiger partial charge in [0.15, 0.2) is 0 Å². The highest BCUT2D eigenvalue weighted by Gasteiger charge is 2.43. The SMILES string of the molecule is CN[SiH]1N(C)[SiH](NC)N(C)[SiH](NC)N1C. The molecule has 15 heavy (non-hydrogen) atoms. The minimum atomic E-state index is -1.11. The van der Waals surface area contributed by atoms with E-state index in [4.69, 9.17) is 0 Å². The van der Waals surface area contributed by atoms with E-state index in [9.17, 15) is 0 Å². The van der Waals surface area contributed by atoms with E-state index in [-0.39, 0.29) is 0 Å². The Kier molecular flexibility index (Phi) is 5.08. The smallest absolute Gasteiger partial charge is 0.259 e. The van der Waals surface area contributed by atoms with Crippen molar-refractivity contribution in [1.29, 1.82) is 0 Å². The van der Waals surface area contributed by atoms with Gasteiger partial charge in [-0.15, -0.1) is 0 Å². The van der Waals surface area contributed by atoms with Gasteiger partial charge in [-0.1, -0.05) is 0 Å². The third-order valence-electron chi connectivity index (χ3n) is 3.09. The molecule has 0 saturated carbocycles. The summed E-state index contributed by atoms with van der Waals surface area (Å²) in [5, 5.41) is 0. The van der Waals surface area contributed by atoms with Crippen LogP contribution in [-0.2, 0) is 0 Å². The van der Waals surface area contributed by atoms with Crippen LogP contribution in [-0.4, -0.2) is 82.8 Å². The molecule has 0 atom stereocenters. The Balaban J connectivity index is 2.87. The number of nitrogens with one attached hydrogen (secondary N) is 3. The summed E-state index contributed by atoms with van der Waals surface area (Å²) in [5.74, 6) is 0. The van der Waals surface area contributed by atoms with Crippen molar-refractivity contribution in [3.05, 3.63) is 0 Å². The van der Waals surface area contributed by atoms with Crippen molar-refractivity contribution < 1.29 is 0 Å². The number of nitrogens with zero attached hydrogens (tertiary/aromatic N) is 3. The lowest BCUT2D eigenvalue weighted by Crippen LogP contribution is -2.83. The van der Waals surface area contributed by atoms with Gasteiger partial charge in [-0.05, 0) is 42.3 Å². The zero-order valence-electron chi connectivity index (χ0n) is 10.6. The quantitative estimate of drug-likeness (QED) is 0.462. The third-order valence-corrected chi connectivity index (χ3v) is 14.4. The normalized spacial score (nSPS) is 36.0. The average Bonchev–Trinajstić information content (AvgIpc) is 2.19. The van der Waals surface area contributed by atoms with E-state index in [1.807, 2.05) is 0 Å². The van der Waals surface area contributed by atoms with Gasteiger partial charge in [-0.3, -0.25) is 0 Å². The Labute approximate surface area is 98.1 Å². The first-order valence-electron chi connectivity index (χ1n) is 5.26. The minimum absolute atomic E-state index is 1.11. The monoisotopic (exact) mass is 264 g/mol. The predicted octanol–water partition coefficient (Wildman–Crippen LogP) is -3.39. The molecule has 1 rings (SSSR count). The summed E-state index contributed by atoms with van der Waals surface area (Å²) in [5.41, 5.74) is 0. The molecular formula is C6H24N6Si3. The molecule has 1 saturated heterocycles. The predicted molar refractivity (Wildman–Crippen MR) is 71.9 cm³/mol. The largest absolute Gasteiger partial charge is 0.319 e. The van der Waals surface area contributed by atoms with E-state index >= 15 is 0 Å². The highest BCUT2D eigenvalue weighted by molar-refractivity contribution is 6.83. The first kappa shape index (κ1) is 13.5. The van der Waals surface area contributed by atoms with Crippen molar-refractivity contribution in [3.8, 4) is 0 Å². The second kappa shape index (κ2) is 5.65. The molecule has 1 heterocycles. The van der Waals surface area contributed by atoms with Crippen LogP contribution in [0.25, 0.3) is 0 Å². The van der Waals surface area contributed by atoms with Gasteiger partial charge in [0.2, 0.25) is 0 Å². The molecule has 0 spiro atoms. The van der Waals surface area contributed by atoms with Crippen molar-refractivity contribution in [3.63, 3.8) is 0 Å². The van der Waals surface area contributed by atoms with E-state index in [0.717, 1.165) is 0 Å². The summed E-state index contributed by atoms with van der Waals surface area (Å²) in [7, 11) is 9.65. The fraction of sp³-hybridized carbons (Fsp3) is 1.00. The third kappa shape index (κ3) is 2.40. The number of hydrogen-bond donors (Lipinski definition) is 3. The first-order chi connectivity index (χ1) is 7.08. The van der Waals surface area contributed by atoms with Gasteiger partial charge in [0.1, 0.15) is 0 Å². The second-order valence-electron chi connectivity index (χ2n) is 3.98. The summed E-state index contributed by atoms with van der Waals surface area (Å²) in [6.07, 6.45) is 0. The molecule has 0 aliphatic carbocycles. The van der Waals surface area contributed by atoms with Gasteiger partial charge < -0.3 is 27.6 Å². The van der Waals surface area contributed by atoms with E-state index in [1.54, 1.807) is 0 Å². The van der Waals surface area contributed by atoms with Crippen LogP contribution in [0.2, 0.25) is 0 Å². The summed E-state index contributed by atoms with van der Waals surface area (Å²) < 4.78 is 7.67. The minimum Gasteiger partial charge on any atom is -0.319 e. The van der Waals surface area contributed by atoms with Crippen LogP contribution in [0.4, 0.5) is 0 Å². The summed E-state index contributed by atoms with van der Waals surface area (Å²) >= 11 is 0. The van der Waals surface area contributed by atoms with Crippen LogP contribution >= 0.6 is 0 Å². The maximum absolute atomic E-state index is 3.51. The lowest BCUT2D eigenvalue weighted by molar-refractivity contribution is 0.498. The molecule has 0 amide bonds. The van der Waals surface area contributed by atoms with Crippen molar-refractivity contribution in [2.75, 3.05) is 42.3 Å².